The molecule has 0 saturated heterocycles. The molecule has 0 aliphatic heterocycles. The van der Waals surface area contributed by atoms with Crippen LogP contribution >= 0.6 is 0 Å². The van der Waals surface area contributed by atoms with Gasteiger partial charge in [-0.15, -0.1) is 0 Å². The van der Waals surface area contributed by atoms with Crippen molar-refractivity contribution in [1.29, 1.82) is 0 Å². The number of nitrogens with two attached hydrogens (primary N) is 1. The number of hydrazine groups is 1. The van der Waals surface area contributed by atoms with Crippen molar-refractivity contribution >= 4 is 11.5 Å². The van der Waals surface area contributed by atoms with Crippen molar-refractivity contribution in [3.8, 4) is 17.4 Å². The lowest BCUT2D eigenvalue weighted by Crippen LogP contribution is -2.10. The molecule has 21 heavy (non-hydrogen) atoms. The summed E-state index contributed by atoms with van der Waals surface area (Å²) in [6, 6.07) is 7.40. The van der Waals surface area contributed by atoms with Crippen LogP contribution in [0.15, 0.2) is 42.9 Å². The highest BCUT2D eigenvalue weighted by Crippen LogP contribution is 2.32. The summed E-state index contributed by atoms with van der Waals surface area (Å²) in [4.78, 5) is 8.52. The average molecular weight is 285 g/mol. The third kappa shape index (κ3) is 2.59. The fraction of sp³-hybridized carbons (Fsp3) is 0.143. The number of hydrogen-bond donors (Lipinski definition) is 2. The Morgan fingerprint density at radius 3 is 2.86 bits per heavy atom. The van der Waals surface area contributed by atoms with Gasteiger partial charge in [-0.1, -0.05) is 12.1 Å². The highest BCUT2D eigenvalue weighted by atomic mass is 16.5. The van der Waals surface area contributed by atoms with Crippen LogP contribution in [0.2, 0.25) is 0 Å². The summed E-state index contributed by atoms with van der Waals surface area (Å²) in [7, 11) is 0. The number of nitrogen functional groups attached to an aromatic ring is 1. The van der Waals surface area contributed by atoms with Crippen LogP contribution in [0.1, 0.15) is 6.92 Å². The third-order valence-corrected chi connectivity index (χ3v) is 2.85. The Kier molecular flexibility index (Phi) is 3.57. The number of imidazole rings is 1. The molecule has 0 saturated carbocycles. The average Bonchev–Trinajstić information content (AvgIpc) is 2.98. The number of fused-ring (bicyclic) bond motifs is 1. The second-order valence-electron chi connectivity index (χ2n) is 4.22. The highest BCUT2D eigenvalue weighted by molar-refractivity contribution is 5.56. The highest BCUT2D eigenvalue weighted by Gasteiger charge is 2.12. The van der Waals surface area contributed by atoms with E-state index in [1.54, 1.807) is 23.0 Å². The first-order valence-corrected chi connectivity index (χ1v) is 6.52. The molecule has 0 aliphatic rings. The van der Waals surface area contributed by atoms with Gasteiger partial charge in [-0.05, 0) is 19.1 Å². The SMILES string of the molecule is CCOc1ccccc1Oc1nc(NN)cn2ccnc12. The number of hydrogen-bond acceptors (Lipinski definition) is 6. The van der Waals surface area contributed by atoms with Crippen molar-refractivity contribution < 1.29 is 9.47 Å². The predicted octanol–water partition coefficient (Wildman–Crippen LogP) is 2.21. The summed E-state index contributed by atoms with van der Waals surface area (Å²) in [5.74, 6) is 7.47. The maximum absolute atomic E-state index is 5.86. The molecule has 0 atom stereocenters. The van der Waals surface area contributed by atoms with E-state index in [2.05, 4.69) is 15.4 Å². The minimum absolute atomic E-state index is 0.350. The van der Waals surface area contributed by atoms with Gasteiger partial charge in [0.1, 0.15) is 0 Å². The van der Waals surface area contributed by atoms with Crippen LogP contribution in [-0.2, 0) is 0 Å². The van der Waals surface area contributed by atoms with Gasteiger partial charge in [0, 0.05) is 12.4 Å². The minimum Gasteiger partial charge on any atom is -0.490 e. The zero-order valence-electron chi connectivity index (χ0n) is 11.5. The van der Waals surface area contributed by atoms with Gasteiger partial charge in [0.15, 0.2) is 17.3 Å². The van der Waals surface area contributed by atoms with Crippen LogP contribution in [-0.4, -0.2) is 21.0 Å². The van der Waals surface area contributed by atoms with Crippen molar-refractivity contribution in [1.82, 2.24) is 14.4 Å². The Morgan fingerprint density at radius 2 is 2.10 bits per heavy atom. The predicted molar refractivity (Wildman–Crippen MR) is 78.5 cm³/mol. The molecule has 0 aliphatic carbocycles. The van der Waals surface area contributed by atoms with Gasteiger partial charge >= 0.3 is 0 Å². The molecular weight excluding hydrogens is 270 g/mol. The van der Waals surface area contributed by atoms with Crippen molar-refractivity contribution in [2.45, 2.75) is 6.92 Å². The number of anilines is 1. The Bertz CT molecular complexity index is 756. The molecule has 0 spiro atoms. The minimum atomic E-state index is 0.350. The van der Waals surface area contributed by atoms with E-state index in [9.17, 15) is 0 Å². The summed E-state index contributed by atoms with van der Waals surface area (Å²) in [5.41, 5.74) is 3.10. The smallest absolute Gasteiger partial charge is 0.266 e. The molecule has 3 rings (SSSR count). The second-order valence-corrected chi connectivity index (χ2v) is 4.22. The van der Waals surface area contributed by atoms with E-state index in [1.165, 1.54) is 0 Å². The van der Waals surface area contributed by atoms with E-state index in [-0.39, 0.29) is 0 Å². The van der Waals surface area contributed by atoms with Gasteiger partial charge in [-0.3, -0.25) is 4.40 Å². The number of ether oxygens (including phenoxy) is 2. The monoisotopic (exact) mass is 285 g/mol. The van der Waals surface area contributed by atoms with Gasteiger partial charge in [0.25, 0.3) is 5.88 Å². The van der Waals surface area contributed by atoms with Crippen LogP contribution < -0.4 is 20.7 Å². The van der Waals surface area contributed by atoms with Gasteiger partial charge in [0.05, 0.1) is 12.8 Å². The zero-order chi connectivity index (χ0) is 14.7. The first kappa shape index (κ1) is 13.2. The van der Waals surface area contributed by atoms with E-state index in [0.717, 1.165) is 0 Å². The van der Waals surface area contributed by atoms with Crippen LogP contribution in [0.5, 0.6) is 17.4 Å². The lowest BCUT2D eigenvalue weighted by molar-refractivity contribution is 0.320. The molecule has 1 aromatic carbocycles. The topological polar surface area (TPSA) is 86.7 Å². The van der Waals surface area contributed by atoms with E-state index < -0.39 is 0 Å². The molecular formula is C14H15N5O2. The normalized spacial score (nSPS) is 10.6. The summed E-state index contributed by atoms with van der Waals surface area (Å²) in [5, 5.41) is 0. The standard InChI is InChI=1S/C14H15N5O2/c1-2-20-10-5-3-4-6-11(10)21-14-13-16-7-8-19(13)9-12(17-14)18-15/h3-9,18H,2,15H2,1H3. The number of nitrogens with zero attached hydrogens (tertiary/aromatic N) is 3. The molecule has 2 aromatic heterocycles. The number of para-hydroxylation sites is 2. The first-order valence-electron chi connectivity index (χ1n) is 6.52. The number of benzene rings is 1. The van der Waals surface area contributed by atoms with E-state index in [0.29, 0.717) is 35.5 Å². The second kappa shape index (κ2) is 5.68. The molecule has 3 aromatic rings. The Labute approximate surface area is 121 Å². The molecule has 0 unspecified atom stereocenters. The van der Waals surface area contributed by atoms with E-state index >= 15 is 0 Å². The number of aromatic nitrogens is 3. The molecule has 3 N–H and O–H groups in total. The van der Waals surface area contributed by atoms with Crippen molar-refractivity contribution in [2.24, 2.45) is 5.84 Å². The van der Waals surface area contributed by atoms with Gasteiger partial charge in [-0.25, -0.2) is 10.8 Å². The largest absolute Gasteiger partial charge is 0.490 e. The summed E-state index contributed by atoms with van der Waals surface area (Å²) in [6.45, 7) is 2.47. The lowest BCUT2D eigenvalue weighted by Gasteiger charge is -2.12. The molecule has 7 heteroatoms. The first-order chi connectivity index (χ1) is 10.3. The molecule has 7 nitrogen and oxygen atoms in total. The maximum atomic E-state index is 5.86. The third-order valence-electron chi connectivity index (χ3n) is 2.85. The van der Waals surface area contributed by atoms with Crippen molar-refractivity contribution in [3.05, 3.63) is 42.9 Å². The molecule has 0 amide bonds. The van der Waals surface area contributed by atoms with Crippen LogP contribution in [0.3, 0.4) is 0 Å². The quantitative estimate of drug-likeness (QED) is 0.552. The Balaban J connectivity index is 2.03. The lowest BCUT2D eigenvalue weighted by atomic mass is 10.3. The molecule has 108 valence electrons. The molecule has 2 heterocycles. The fourth-order valence-electron chi connectivity index (χ4n) is 1.95. The maximum Gasteiger partial charge on any atom is 0.266 e. The molecule has 0 fully saturated rings. The summed E-state index contributed by atoms with van der Waals surface area (Å²) < 4.78 is 13.2. The number of rotatable bonds is 5. The van der Waals surface area contributed by atoms with Crippen LogP contribution in [0.4, 0.5) is 5.82 Å². The van der Waals surface area contributed by atoms with E-state index in [4.69, 9.17) is 15.3 Å². The van der Waals surface area contributed by atoms with Gasteiger partial charge in [-0.2, -0.15) is 4.98 Å². The van der Waals surface area contributed by atoms with Crippen LogP contribution in [0, 0.1) is 0 Å². The Morgan fingerprint density at radius 1 is 1.29 bits per heavy atom. The molecule has 0 bridgehead atoms. The summed E-state index contributed by atoms with van der Waals surface area (Å²) in [6.07, 6.45) is 5.18. The summed E-state index contributed by atoms with van der Waals surface area (Å²) >= 11 is 0. The van der Waals surface area contributed by atoms with E-state index in [1.807, 2.05) is 31.2 Å². The van der Waals surface area contributed by atoms with Gasteiger partial charge < -0.3 is 14.9 Å². The van der Waals surface area contributed by atoms with Gasteiger partial charge in [0.2, 0.25) is 5.65 Å². The Hall–Kier alpha value is -2.80. The van der Waals surface area contributed by atoms with Crippen LogP contribution in [0.25, 0.3) is 5.65 Å². The van der Waals surface area contributed by atoms with Crippen molar-refractivity contribution in [2.75, 3.05) is 12.0 Å². The molecule has 0 radical (unpaired) electrons. The number of nitrogens with one attached hydrogen (secondary N) is 1. The fourth-order valence-corrected chi connectivity index (χ4v) is 1.95. The van der Waals surface area contributed by atoms with Crippen molar-refractivity contribution in [3.63, 3.8) is 0 Å². The zero-order valence-corrected chi connectivity index (χ0v) is 11.5.